The van der Waals surface area contributed by atoms with Gasteiger partial charge in [-0.25, -0.2) is 9.78 Å². The van der Waals surface area contributed by atoms with Crippen LogP contribution >= 0.6 is 0 Å². The summed E-state index contributed by atoms with van der Waals surface area (Å²) in [5.41, 5.74) is 3.45. The number of benzene rings is 1. The summed E-state index contributed by atoms with van der Waals surface area (Å²) in [4.78, 5) is 46.0. The molecule has 0 spiro atoms. The lowest BCUT2D eigenvalue weighted by atomic mass is 9.95. The Labute approximate surface area is 220 Å². The maximum Gasteiger partial charge on any atom is 0.411 e. The second-order valence-corrected chi connectivity index (χ2v) is 9.71. The fourth-order valence-electron chi connectivity index (χ4n) is 5.12. The molecule has 1 fully saturated rings. The van der Waals surface area contributed by atoms with Crippen LogP contribution in [0.2, 0.25) is 0 Å². The molecule has 38 heavy (non-hydrogen) atoms. The highest BCUT2D eigenvalue weighted by Gasteiger charge is 2.30. The Hall–Kier alpha value is -4.34. The van der Waals surface area contributed by atoms with E-state index in [1.54, 1.807) is 56.4 Å². The van der Waals surface area contributed by atoms with Crippen molar-refractivity contribution in [2.45, 2.75) is 19.8 Å². The third kappa shape index (κ3) is 4.69. The van der Waals surface area contributed by atoms with E-state index in [2.05, 4.69) is 15.2 Å². The largest absolute Gasteiger partial charge is 0.452 e. The van der Waals surface area contributed by atoms with Crippen LogP contribution in [0.3, 0.4) is 0 Å². The second kappa shape index (κ2) is 10.2. The van der Waals surface area contributed by atoms with Crippen molar-refractivity contribution in [3.8, 4) is 5.75 Å². The Morgan fingerprint density at radius 3 is 2.71 bits per heavy atom. The maximum absolute atomic E-state index is 13.2. The smallest absolute Gasteiger partial charge is 0.411 e. The molecule has 1 N–H and O–H groups in total. The molecule has 3 aromatic rings. The minimum Gasteiger partial charge on any atom is -0.452 e. The number of rotatable bonds is 5. The fraction of sp³-hybridized carbons (Fsp3) is 0.357. The van der Waals surface area contributed by atoms with Crippen LogP contribution in [-0.4, -0.2) is 66.0 Å². The molecule has 0 saturated carbocycles. The first-order valence-corrected chi connectivity index (χ1v) is 12.7. The van der Waals surface area contributed by atoms with E-state index < -0.39 is 6.09 Å². The molecule has 2 aliphatic rings. The predicted molar refractivity (Wildman–Crippen MR) is 144 cm³/mol. The average Bonchev–Trinajstić information content (AvgIpc) is 3.39. The van der Waals surface area contributed by atoms with Gasteiger partial charge in [-0.15, -0.1) is 0 Å². The second-order valence-electron chi connectivity index (χ2n) is 9.71. The van der Waals surface area contributed by atoms with Gasteiger partial charge >= 0.3 is 6.09 Å². The number of Topliss-reactive ketones (excluding diaryl/α,β-unsaturated/α-hetero) is 1. The van der Waals surface area contributed by atoms with Gasteiger partial charge in [-0.1, -0.05) is 0 Å². The minimum absolute atomic E-state index is 0.0298. The highest BCUT2D eigenvalue weighted by atomic mass is 16.5. The van der Waals surface area contributed by atoms with Gasteiger partial charge in [0.25, 0.3) is 0 Å². The Bertz CT molecular complexity index is 1450. The molecule has 2 amide bonds. The van der Waals surface area contributed by atoms with E-state index in [0.29, 0.717) is 17.0 Å². The number of hydrogen-bond donors (Lipinski definition) is 1. The van der Waals surface area contributed by atoms with E-state index in [9.17, 15) is 14.4 Å². The summed E-state index contributed by atoms with van der Waals surface area (Å²) in [7, 11) is 5.52. The van der Waals surface area contributed by atoms with Crippen LogP contribution < -0.4 is 15.0 Å². The number of allylic oxidation sites excluding steroid dienone is 1. The number of fused-ring (bicyclic) bond motifs is 2. The number of pyridine rings is 1. The SMILES string of the molecule is CCOC(=O)Nc1ccc2c(c1)C(=O)C(=Cc1cn(C)c3nccc(N4CCC(C(=O)N(C)C)CC4)c13)O2. The van der Waals surface area contributed by atoms with E-state index in [1.807, 2.05) is 23.9 Å². The lowest BCUT2D eigenvalue weighted by Crippen LogP contribution is -2.40. The topological polar surface area (TPSA) is 106 Å². The average molecular weight is 518 g/mol. The van der Waals surface area contributed by atoms with Crippen LogP contribution in [0.5, 0.6) is 5.75 Å². The molecule has 10 nitrogen and oxygen atoms in total. The third-order valence-corrected chi connectivity index (χ3v) is 6.97. The van der Waals surface area contributed by atoms with Crippen LogP contribution in [0, 0.1) is 5.92 Å². The first-order chi connectivity index (χ1) is 18.3. The van der Waals surface area contributed by atoms with Gasteiger partial charge < -0.3 is 23.8 Å². The van der Waals surface area contributed by atoms with Gasteiger partial charge in [0.2, 0.25) is 11.7 Å². The van der Waals surface area contributed by atoms with Crippen molar-refractivity contribution in [1.29, 1.82) is 0 Å². The summed E-state index contributed by atoms with van der Waals surface area (Å²) in [6.07, 6.45) is 6.45. The number of carbonyl (C=O) groups is 3. The number of aromatic nitrogens is 2. The molecular weight excluding hydrogens is 486 g/mol. The summed E-state index contributed by atoms with van der Waals surface area (Å²) < 4.78 is 12.8. The zero-order chi connectivity index (χ0) is 27.0. The molecule has 198 valence electrons. The molecule has 2 aromatic heterocycles. The standard InChI is InChI=1S/C28H31N5O5/c1-5-37-28(36)30-19-6-7-22-20(15-19)25(34)23(38-22)14-18-16-32(4)26-24(18)21(8-11-29-26)33-12-9-17(10-13-33)27(35)31(2)3/h6-8,11,14-17H,5,9-10,12-13H2,1-4H3,(H,30,36). The number of amides is 2. The van der Waals surface area contributed by atoms with Gasteiger partial charge in [0.05, 0.1) is 12.2 Å². The first kappa shape index (κ1) is 25.3. The minimum atomic E-state index is -0.583. The van der Waals surface area contributed by atoms with E-state index >= 15 is 0 Å². The van der Waals surface area contributed by atoms with Gasteiger partial charge in [0.15, 0.2) is 5.76 Å². The van der Waals surface area contributed by atoms with Crippen LogP contribution in [-0.2, 0) is 16.6 Å². The fourth-order valence-corrected chi connectivity index (χ4v) is 5.12. The van der Waals surface area contributed by atoms with E-state index in [-0.39, 0.29) is 30.0 Å². The predicted octanol–water partition coefficient (Wildman–Crippen LogP) is 4.06. The monoisotopic (exact) mass is 517 g/mol. The van der Waals surface area contributed by atoms with Crippen molar-refractivity contribution in [3.63, 3.8) is 0 Å². The quantitative estimate of drug-likeness (QED) is 0.509. The zero-order valence-corrected chi connectivity index (χ0v) is 22.0. The van der Waals surface area contributed by atoms with Crippen molar-refractivity contribution in [2.24, 2.45) is 13.0 Å². The van der Waals surface area contributed by atoms with Gasteiger partial charge in [0.1, 0.15) is 11.4 Å². The van der Waals surface area contributed by atoms with Gasteiger partial charge in [-0.3, -0.25) is 14.9 Å². The molecule has 1 aromatic carbocycles. The molecule has 4 heterocycles. The summed E-state index contributed by atoms with van der Waals surface area (Å²) in [5.74, 6) is 0.569. The summed E-state index contributed by atoms with van der Waals surface area (Å²) in [6.45, 7) is 3.48. The number of nitrogens with zero attached hydrogens (tertiary/aromatic N) is 4. The highest BCUT2D eigenvalue weighted by Crippen LogP contribution is 2.37. The highest BCUT2D eigenvalue weighted by molar-refractivity contribution is 6.16. The number of piperidine rings is 1. The first-order valence-electron chi connectivity index (χ1n) is 12.7. The lowest BCUT2D eigenvalue weighted by molar-refractivity contribution is -0.133. The van der Waals surface area contributed by atoms with Crippen LogP contribution in [0.25, 0.3) is 17.1 Å². The Morgan fingerprint density at radius 2 is 2.00 bits per heavy atom. The van der Waals surface area contributed by atoms with Gasteiger partial charge in [-0.05, 0) is 50.1 Å². The van der Waals surface area contributed by atoms with Crippen LogP contribution in [0.4, 0.5) is 16.2 Å². The third-order valence-electron chi connectivity index (χ3n) is 6.97. The molecule has 0 atom stereocenters. The molecule has 0 aliphatic carbocycles. The van der Waals surface area contributed by atoms with Crippen molar-refractivity contribution in [1.82, 2.24) is 14.5 Å². The molecular formula is C28H31N5O5. The molecule has 1 saturated heterocycles. The maximum atomic E-state index is 13.2. The molecule has 10 heteroatoms. The van der Waals surface area contributed by atoms with Gasteiger partial charge in [-0.2, -0.15) is 0 Å². The lowest BCUT2D eigenvalue weighted by Gasteiger charge is -2.34. The van der Waals surface area contributed by atoms with Crippen molar-refractivity contribution < 1.29 is 23.9 Å². The molecule has 5 rings (SSSR count). The Balaban J connectivity index is 1.43. The summed E-state index contributed by atoms with van der Waals surface area (Å²) in [5, 5.41) is 3.54. The number of hydrogen-bond acceptors (Lipinski definition) is 7. The van der Waals surface area contributed by atoms with E-state index in [4.69, 9.17) is 9.47 Å². The Kier molecular flexibility index (Phi) is 6.79. The number of aryl methyl sites for hydroxylation is 1. The van der Waals surface area contributed by atoms with Crippen molar-refractivity contribution in [3.05, 3.63) is 53.5 Å². The molecule has 0 unspecified atom stereocenters. The summed E-state index contributed by atoms with van der Waals surface area (Å²) in [6, 6.07) is 6.89. The Morgan fingerprint density at radius 1 is 1.24 bits per heavy atom. The van der Waals surface area contributed by atoms with Crippen molar-refractivity contribution in [2.75, 3.05) is 44.0 Å². The summed E-state index contributed by atoms with van der Waals surface area (Å²) >= 11 is 0. The number of carbonyl (C=O) groups excluding carboxylic acids is 3. The molecule has 0 bridgehead atoms. The van der Waals surface area contributed by atoms with Gasteiger partial charge in [0, 0.05) is 74.9 Å². The molecule has 0 radical (unpaired) electrons. The number of anilines is 2. The number of ether oxygens (including phenoxy) is 2. The molecule has 2 aliphatic heterocycles. The van der Waals surface area contributed by atoms with Crippen LogP contribution in [0.15, 0.2) is 42.4 Å². The van der Waals surface area contributed by atoms with E-state index in [1.165, 1.54) is 0 Å². The van der Waals surface area contributed by atoms with E-state index in [0.717, 1.165) is 48.2 Å². The normalized spacial score (nSPS) is 16.5. The van der Waals surface area contributed by atoms with Crippen molar-refractivity contribution >= 4 is 46.3 Å². The number of nitrogens with one attached hydrogen (secondary N) is 1. The van der Waals surface area contributed by atoms with Crippen LogP contribution in [0.1, 0.15) is 35.7 Å². The number of ketones is 1. The zero-order valence-electron chi connectivity index (χ0n) is 22.0.